The molecule has 0 amide bonds. The van der Waals surface area contributed by atoms with Crippen molar-refractivity contribution in [2.75, 3.05) is 13.2 Å². The predicted octanol–water partition coefficient (Wildman–Crippen LogP) is 6.19. The fraction of sp³-hybridized carbons (Fsp3) is 0.923. The summed E-state index contributed by atoms with van der Waals surface area (Å²) in [6.45, 7) is 5.10. The van der Waals surface area contributed by atoms with E-state index in [0.717, 1.165) is 82.8 Å². The van der Waals surface area contributed by atoms with E-state index >= 15 is 0 Å². The third-order valence-electron chi connectivity index (χ3n) is 7.62. The molecule has 0 radical (unpaired) electrons. The summed E-state index contributed by atoms with van der Waals surface area (Å²) >= 11 is 0. The molecule has 4 heteroatoms. The molecule has 0 unspecified atom stereocenters. The molecule has 0 spiro atoms. The van der Waals surface area contributed by atoms with Crippen LogP contribution in [0, 0.1) is 11.8 Å². The van der Waals surface area contributed by atoms with Crippen molar-refractivity contribution in [1.82, 2.24) is 0 Å². The van der Waals surface area contributed by atoms with Gasteiger partial charge in [-0.2, -0.15) is 0 Å². The fourth-order valence-corrected chi connectivity index (χ4v) is 6.67. The molecule has 0 aromatic rings. The third-order valence-corrected chi connectivity index (χ3v) is 7.62. The lowest BCUT2D eigenvalue weighted by Crippen LogP contribution is -2.61. The van der Waals surface area contributed by atoms with Crippen molar-refractivity contribution in [3.8, 4) is 0 Å². The van der Waals surface area contributed by atoms with Gasteiger partial charge in [0.15, 0.2) is 0 Å². The van der Waals surface area contributed by atoms with Crippen molar-refractivity contribution < 1.29 is 19.1 Å². The Morgan fingerprint density at radius 2 is 1.07 bits per heavy atom. The first kappa shape index (κ1) is 23.9. The second kappa shape index (κ2) is 11.2. The topological polar surface area (TPSA) is 52.6 Å². The molecular weight excluding hydrogens is 376 g/mol. The van der Waals surface area contributed by atoms with Crippen LogP contribution in [0.25, 0.3) is 0 Å². The summed E-state index contributed by atoms with van der Waals surface area (Å²) in [4.78, 5) is 22.1. The van der Waals surface area contributed by atoms with E-state index in [1.165, 1.54) is 44.9 Å². The van der Waals surface area contributed by atoms with Gasteiger partial charge in [-0.15, -0.1) is 0 Å². The Morgan fingerprint density at radius 3 is 1.47 bits per heavy atom. The smallest absolute Gasteiger partial charge is 0.129 e. The van der Waals surface area contributed by atoms with Crippen LogP contribution in [0.5, 0.6) is 0 Å². The van der Waals surface area contributed by atoms with E-state index in [1.807, 2.05) is 0 Å². The van der Waals surface area contributed by atoms with E-state index in [-0.39, 0.29) is 11.2 Å². The minimum Gasteiger partial charge on any atom is -0.375 e. The Labute approximate surface area is 183 Å². The van der Waals surface area contributed by atoms with E-state index in [9.17, 15) is 9.59 Å². The lowest BCUT2D eigenvalue weighted by Gasteiger charge is -2.61. The second-order valence-corrected chi connectivity index (χ2v) is 10.8. The van der Waals surface area contributed by atoms with Crippen LogP contribution in [0.3, 0.4) is 0 Å². The van der Waals surface area contributed by atoms with E-state index < -0.39 is 0 Å². The van der Waals surface area contributed by atoms with Crippen LogP contribution >= 0.6 is 0 Å². The minimum atomic E-state index is 0.0744. The van der Waals surface area contributed by atoms with Crippen LogP contribution in [0.15, 0.2) is 0 Å². The van der Waals surface area contributed by atoms with Gasteiger partial charge in [-0.25, -0.2) is 0 Å². The summed E-state index contributed by atoms with van der Waals surface area (Å²) in [7, 11) is 0. The van der Waals surface area contributed by atoms with Gasteiger partial charge in [0, 0.05) is 32.5 Å². The average molecular weight is 421 g/mol. The molecule has 4 fully saturated rings. The average Bonchev–Trinajstić information content (AvgIpc) is 2.65. The molecule has 4 saturated carbocycles. The monoisotopic (exact) mass is 420 g/mol. The first-order chi connectivity index (χ1) is 14.4. The van der Waals surface area contributed by atoms with Gasteiger partial charge in [0.2, 0.25) is 0 Å². The highest BCUT2D eigenvalue weighted by Crippen LogP contribution is 2.60. The zero-order chi connectivity index (χ0) is 21.5. The molecule has 0 aromatic carbocycles. The minimum absolute atomic E-state index is 0.0744. The summed E-state index contributed by atoms with van der Waals surface area (Å²) in [5.74, 6) is 2.19. The van der Waals surface area contributed by atoms with Crippen LogP contribution in [-0.4, -0.2) is 36.0 Å². The van der Waals surface area contributed by atoms with Crippen molar-refractivity contribution in [2.24, 2.45) is 11.8 Å². The molecule has 0 heterocycles. The molecule has 0 atom stereocenters. The second-order valence-electron chi connectivity index (χ2n) is 10.8. The molecule has 4 rings (SSSR count). The maximum absolute atomic E-state index is 11.0. The predicted molar refractivity (Wildman–Crippen MR) is 120 cm³/mol. The number of ketones is 2. The zero-order valence-corrected chi connectivity index (χ0v) is 19.5. The fourth-order valence-electron chi connectivity index (χ4n) is 6.67. The molecule has 0 N–H and O–H groups in total. The molecule has 4 aliphatic rings. The lowest BCUT2D eigenvalue weighted by molar-refractivity contribution is -0.237. The quantitative estimate of drug-likeness (QED) is 0.279. The van der Waals surface area contributed by atoms with Crippen LogP contribution in [0.1, 0.15) is 117 Å². The summed E-state index contributed by atoms with van der Waals surface area (Å²) in [6, 6.07) is 0. The van der Waals surface area contributed by atoms with Crippen molar-refractivity contribution in [3.63, 3.8) is 0 Å². The number of rotatable bonds is 16. The van der Waals surface area contributed by atoms with Crippen molar-refractivity contribution in [2.45, 2.75) is 128 Å². The highest BCUT2D eigenvalue weighted by Gasteiger charge is 2.59. The van der Waals surface area contributed by atoms with Gasteiger partial charge >= 0.3 is 0 Å². The molecule has 0 saturated heterocycles. The van der Waals surface area contributed by atoms with Crippen LogP contribution < -0.4 is 0 Å². The molecule has 4 nitrogen and oxygen atoms in total. The first-order valence-electron chi connectivity index (χ1n) is 12.7. The molecular formula is C26H44O4. The Morgan fingerprint density at radius 1 is 0.667 bits per heavy atom. The number of hydrogen-bond donors (Lipinski definition) is 0. The Bertz CT molecular complexity index is 509. The van der Waals surface area contributed by atoms with Gasteiger partial charge in [0.1, 0.15) is 11.6 Å². The Kier molecular flexibility index (Phi) is 8.94. The normalized spacial score (nSPS) is 31.9. The highest BCUT2D eigenvalue weighted by atomic mass is 16.5. The van der Waals surface area contributed by atoms with Gasteiger partial charge in [-0.05, 0) is 83.5 Å². The van der Waals surface area contributed by atoms with Crippen molar-refractivity contribution in [3.05, 3.63) is 0 Å². The number of carbonyl (C=O) groups excluding carboxylic acids is 2. The largest absolute Gasteiger partial charge is 0.375 e. The first-order valence-corrected chi connectivity index (χ1v) is 12.7. The summed E-state index contributed by atoms with van der Waals surface area (Å²) in [5, 5.41) is 0. The number of ether oxygens (including phenoxy) is 2. The van der Waals surface area contributed by atoms with Crippen LogP contribution in [0.4, 0.5) is 0 Å². The zero-order valence-electron chi connectivity index (χ0n) is 19.5. The molecule has 30 heavy (non-hydrogen) atoms. The summed E-state index contributed by atoms with van der Waals surface area (Å²) in [6.07, 6.45) is 17.8. The van der Waals surface area contributed by atoms with Gasteiger partial charge < -0.3 is 19.1 Å². The van der Waals surface area contributed by atoms with E-state index in [0.29, 0.717) is 11.6 Å². The van der Waals surface area contributed by atoms with Crippen LogP contribution in [-0.2, 0) is 19.1 Å². The SMILES string of the molecule is CC(=O)CCCCCCOC12CC3CC(C1)CC(OCCCCCCC(C)=O)(C3)C2. The Balaban J connectivity index is 1.37. The van der Waals surface area contributed by atoms with Gasteiger partial charge in [-0.1, -0.05) is 25.7 Å². The van der Waals surface area contributed by atoms with E-state index in [2.05, 4.69) is 0 Å². The molecule has 4 bridgehead atoms. The lowest BCUT2D eigenvalue weighted by atomic mass is 9.52. The van der Waals surface area contributed by atoms with Crippen molar-refractivity contribution >= 4 is 11.6 Å². The summed E-state index contributed by atoms with van der Waals surface area (Å²) in [5.41, 5.74) is 0.149. The highest BCUT2D eigenvalue weighted by molar-refractivity contribution is 5.75. The molecule has 4 aliphatic carbocycles. The molecule has 0 aromatic heterocycles. The van der Waals surface area contributed by atoms with E-state index in [4.69, 9.17) is 9.47 Å². The van der Waals surface area contributed by atoms with Gasteiger partial charge in [0.05, 0.1) is 11.2 Å². The third kappa shape index (κ3) is 7.15. The maximum atomic E-state index is 11.0. The standard InChI is InChI=1S/C26H44O4/c1-21(27)11-7-3-5-9-13-29-25-16-23-15-24(17-25)19-26(18-23,20-25)30-14-10-6-4-8-12-22(2)28/h23-24H,3-20H2,1-2H3. The number of unbranched alkanes of at least 4 members (excludes halogenated alkanes) is 6. The number of hydrogen-bond acceptors (Lipinski definition) is 4. The Hall–Kier alpha value is -0.740. The van der Waals surface area contributed by atoms with Gasteiger partial charge in [0.25, 0.3) is 0 Å². The molecule has 0 aliphatic heterocycles. The van der Waals surface area contributed by atoms with E-state index in [1.54, 1.807) is 13.8 Å². The van der Waals surface area contributed by atoms with Crippen LogP contribution in [0.2, 0.25) is 0 Å². The number of carbonyl (C=O) groups is 2. The number of Topliss-reactive ketones (excluding diaryl/α,β-unsaturated/α-hetero) is 2. The van der Waals surface area contributed by atoms with Gasteiger partial charge in [-0.3, -0.25) is 0 Å². The molecule has 172 valence electrons. The summed E-state index contributed by atoms with van der Waals surface area (Å²) < 4.78 is 13.2. The maximum Gasteiger partial charge on any atom is 0.129 e. The van der Waals surface area contributed by atoms with Crippen molar-refractivity contribution in [1.29, 1.82) is 0 Å².